The molecule has 0 fully saturated rings. The Hall–Kier alpha value is -1.89. The van der Waals surface area contributed by atoms with Crippen LogP contribution in [0.25, 0.3) is 0 Å². The van der Waals surface area contributed by atoms with Gasteiger partial charge in [-0.25, -0.2) is 0 Å². The second-order valence-corrected chi connectivity index (χ2v) is 5.59. The summed E-state index contributed by atoms with van der Waals surface area (Å²) in [7, 11) is 0. The number of carbonyl (C=O) groups excluding carboxylic acids is 1. The molecule has 1 atom stereocenters. The number of fused-ring (bicyclic) bond motifs is 1. The maximum Gasteiger partial charge on any atom is 0.164 e. The predicted molar refractivity (Wildman–Crippen MR) is 77.8 cm³/mol. The van der Waals surface area contributed by atoms with Gasteiger partial charge in [-0.1, -0.05) is 62.4 Å². The lowest BCUT2D eigenvalue weighted by Crippen LogP contribution is -1.97. The summed E-state index contributed by atoms with van der Waals surface area (Å²) in [4.78, 5) is 12.1. The lowest BCUT2D eigenvalue weighted by atomic mass is 9.90. The minimum atomic E-state index is 0.238. The van der Waals surface area contributed by atoms with Gasteiger partial charge in [0.2, 0.25) is 0 Å². The van der Waals surface area contributed by atoms with Crippen molar-refractivity contribution in [2.24, 2.45) is 0 Å². The second kappa shape index (κ2) is 4.65. The van der Waals surface area contributed by atoms with Crippen molar-refractivity contribution in [2.45, 2.75) is 32.1 Å². The summed E-state index contributed by atoms with van der Waals surface area (Å²) in [6.07, 6.45) is 0.612. The Balaban J connectivity index is 2.09. The number of ketones is 1. The highest BCUT2D eigenvalue weighted by molar-refractivity contribution is 6.02. The van der Waals surface area contributed by atoms with E-state index in [0.29, 0.717) is 12.3 Å². The van der Waals surface area contributed by atoms with E-state index in [0.717, 1.165) is 5.56 Å². The highest BCUT2D eigenvalue weighted by atomic mass is 16.1. The van der Waals surface area contributed by atoms with Gasteiger partial charge in [0.05, 0.1) is 0 Å². The third kappa shape index (κ3) is 2.10. The fraction of sp³-hybridized carbons (Fsp3) is 0.278. The summed E-state index contributed by atoms with van der Waals surface area (Å²) in [6.45, 7) is 4.38. The predicted octanol–water partition coefficient (Wildman–Crippen LogP) is 4.53. The standard InChI is InChI=1S/C18H18O/c1-12(2)14-8-9-15-17(10-14)16(11-18(15)19)13-6-4-3-5-7-13/h3-10,12,16H,11H2,1-2H3. The van der Waals surface area contributed by atoms with Crippen LogP contribution < -0.4 is 0 Å². The van der Waals surface area contributed by atoms with Gasteiger partial charge in [-0.2, -0.15) is 0 Å². The van der Waals surface area contributed by atoms with Crippen LogP contribution in [0.3, 0.4) is 0 Å². The number of hydrogen-bond acceptors (Lipinski definition) is 1. The second-order valence-electron chi connectivity index (χ2n) is 5.59. The van der Waals surface area contributed by atoms with Gasteiger partial charge in [0.25, 0.3) is 0 Å². The van der Waals surface area contributed by atoms with Gasteiger partial charge in [0, 0.05) is 17.9 Å². The molecule has 0 heterocycles. The van der Waals surface area contributed by atoms with E-state index in [2.05, 4.69) is 38.1 Å². The maximum atomic E-state index is 12.1. The molecule has 0 saturated carbocycles. The molecular formula is C18H18O. The molecule has 96 valence electrons. The third-order valence-electron chi connectivity index (χ3n) is 4.01. The van der Waals surface area contributed by atoms with Crippen LogP contribution in [0.15, 0.2) is 48.5 Å². The largest absolute Gasteiger partial charge is 0.294 e. The van der Waals surface area contributed by atoms with Crippen LogP contribution in [-0.2, 0) is 0 Å². The first kappa shape index (κ1) is 12.2. The first-order valence-corrected chi connectivity index (χ1v) is 6.89. The molecule has 0 radical (unpaired) electrons. The number of carbonyl (C=O) groups is 1. The molecule has 0 spiro atoms. The Morgan fingerprint density at radius 2 is 1.79 bits per heavy atom. The molecule has 2 aromatic carbocycles. The van der Waals surface area contributed by atoms with E-state index in [1.165, 1.54) is 16.7 Å². The van der Waals surface area contributed by atoms with Gasteiger partial charge >= 0.3 is 0 Å². The maximum absolute atomic E-state index is 12.1. The van der Waals surface area contributed by atoms with Crippen LogP contribution >= 0.6 is 0 Å². The van der Waals surface area contributed by atoms with Crippen LogP contribution in [0.1, 0.15) is 59.2 Å². The van der Waals surface area contributed by atoms with Gasteiger partial charge in [0.15, 0.2) is 5.78 Å². The molecule has 0 aromatic heterocycles. The zero-order valence-electron chi connectivity index (χ0n) is 11.4. The van der Waals surface area contributed by atoms with E-state index < -0.39 is 0 Å². The highest BCUT2D eigenvalue weighted by Gasteiger charge is 2.30. The zero-order chi connectivity index (χ0) is 13.4. The minimum absolute atomic E-state index is 0.238. The van der Waals surface area contributed by atoms with E-state index >= 15 is 0 Å². The van der Waals surface area contributed by atoms with Crippen molar-refractivity contribution in [3.63, 3.8) is 0 Å². The number of hydrogen-bond donors (Lipinski definition) is 0. The first-order chi connectivity index (χ1) is 9.16. The van der Waals surface area contributed by atoms with Crippen molar-refractivity contribution in [3.05, 3.63) is 70.8 Å². The number of Topliss-reactive ketones (excluding diaryl/α,β-unsaturated/α-hetero) is 1. The van der Waals surface area contributed by atoms with Crippen molar-refractivity contribution < 1.29 is 4.79 Å². The van der Waals surface area contributed by atoms with Crippen LogP contribution in [-0.4, -0.2) is 5.78 Å². The van der Waals surface area contributed by atoms with Crippen molar-refractivity contribution in [2.75, 3.05) is 0 Å². The van der Waals surface area contributed by atoms with E-state index in [1.54, 1.807) is 0 Å². The topological polar surface area (TPSA) is 17.1 Å². The Morgan fingerprint density at radius 3 is 2.47 bits per heavy atom. The average molecular weight is 250 g/mol. The quantitative estimate of drug-likeness (QED) is 0.765. The van der Waals surface area contributed by atoms with E-state index in [4.69, 9.17) is 0 Å². The van der Waals surface area contributed by atoms with Crippen LogP contribution in [0, 0.1) is 0 Å². The molecular weight excluding hydrogens is 232 g/mol. The molecule has 2 aromatic rings. The molecule has 1 aliphatic rings. The molecule has 1 nitrogen and oxygen atoms in total. The van der Waals surface area contributed by atoms with Crippen molar-refractivity contribution >= 4 is 5.78 Å². The summed E-state index contributed by atoms with van der Waals surface area (Å²) in [5.41, 5.74) is 4.69. The zero-order valence-corrected chi connectivity index (χ0v) is 11.4. The Bertz CT molecular complexity index is 611. The molecule has 1 unspecified atom stereocenters. The molecule has 19 heavy (non-hydrogen) atoms. The van der Waals surface area contributed by atoms with Gasteiger partial charge < -0.3 is 0 Å². The van der Waals surface area contributed by atoms with Crippen LogP contribution in [0.5, 0.6) is 0 Å². The molecule has 1 aliphatic carbocycles. The van der Waals surface area contributed by atoms with Crippen molar-refractivity contribution in [3.8, 4) is 0 Å². The van der Waals surface area contributed by atoms with E-state index in [9.17, 15) is 4.79 Å². The van der Waals surface area contributed by atoms with E-state index in [1.807, 2.05) is 24.3 Å². The summed E-state index contributed by atoms with van der Waals surface area (Å²) in [5, 5.41) is 0. The summed E-state index contributed by atoms with van der Waals surface area (Å²) >= 11 is 0. The SMILES string of the molecule is CC(C)c1ccc2c(c1)C(c1ccccc1)CC2=O. The number of rotatable bonds is 2. The Labute approximate surface area is 114 Å². The molecule has 0 bridgehead atoms. The fourth-order valence-electron chi connectivity index (χ4n) is 2.87. The average Bonchev–Trinajstić information content (AvgIpc) is 2.77. The smallest absolute Gasteiger partial charge is 0.164 e. The lowest BCUT2D eigenvalue weighted by Gasteiger charge is -2.13. The molecule has 0 saturated heterocycles. The molecule has 0 aliphatic heterocycles. The fourth-order valence-corrected chi connectivity index (χ4v) is 2.87. The van der Waals surface area contributed by atoms with Gasteiger partial charge in [0.1, 0.15) is 0 Å². The first-order valence-electron chi connectivity index (χ1n) is 6.89. The minimum Gasteiger partial charge on any atom is -0.294 e. The van der Waals surface area contributed by atoms with Crippen LogP contribution in [0.4, 0.5) is 0 Å². The highest BCUT2D eigenvalue weighted by Crippen LogP contribution is 2.39. The lowest BCUT2D eigenvalue weighted by molar-refractivity contribution is 0.0991. The Kier molecular flexibility index (Phi) is 2.98. The molecule has 0 N–H and O–H groups in total. The summed E-state index contributed by atoms with van der Waals surface area (Å²) < 4.78 is 0. The normalized spacial score (nSPS) is 17.8. The van der Waals surface area contributed by atoms with Gasteiger partial charge in [-0.3, -0.25) is 4.79 Å². The molecule has 1 heteroatoms. The molecule has 0 amide bonds. The van der Waals surface area contributed by atoms with Crippen LogP contribution in [0.2, 0.25) is 0 Å². The molecule has 3 rings (SSSR count). The Morgan fingerprint density at radius 1 is 1.05 bits per heavy atom. The van der Waals surface area contributed by atoms with Gasteiger partial charge in [-0.15, -0.1) is 0 Å². The third-order valence-corrected chi connectivity index (χ3v) is 4.01. The number of benzene rings is 2. The monoisotopic (exact) mass is 250 g/mol. The van der Waals surface area contributed by atoms with E-state index in [-0.39, 0.29) is 11.7 Å². The summed E-state index contributed by atoms with van der Waals surface area (Å²) in [6, 6.07) is 16.7. The van der Waals surface area contributed by atoms with Gasteiger partial charge in [-0.05, 0) is 22.6 Å². The van der Waals surface area contributed by atoms with Crippen molar-refractivity contribution in [1.29, 1.82) is 0 Å². The van der Waals surface area contributed by atoms with Crippen molar-refractivity contribution in [1.82, 2.24) is 0 Å². The summed E-state index contributed by atoms with van der Waals surface area (Å²) in [5.74, 6) is 1.01.